The number of rotatable bonds is 5. The molecule has 3 aromatic carbocycles. The number of hydrogen-bond donors (Lipinski definition) is 0. The molecule has 0 amide bonds. The predicted molar refractivity (Wildman–Crippen MR) is 137 cm³/mol. The average Bonchev–Trinajstić information content (AvgIpc) is 3.24. The summed E-state index contributed by atoms with van der Waals surface area (Å²) in [5.41, 5.74) is 1.38. The summed E-state index contributed by atoms with van der Waals surface area (Å²) in [5, 5.41) is 6.88. The number of fused-ring (bicyclic) bond motifs is 2. The van der Waals surface area contributed by atoms with Gasteiger partial charge in [-0.2, -0.15) is 9.78 Å². The third-order valence-electron chi connectivity index (χ3n) is 5.08. The Balaban J connectivity index is 1.68. The van der Waals surface area contributed by atoms with Gasteiger partial charge in [-0.3, -0.25) is 4.79 Å². The highest BCUT2D eigenvalue weighted by molar-refractivity contribution is 6.37. The van der Waals surface area contributed by atoms with Crippen molar-refractivity contribution in [1.29, 1.82) is 0 Å². The van der Waals surface area contributed by atoms with Gasteiger partial charge in [0.25, 0.3) is 5.56 Å². The molecule has 0 unspecified atom stereocenters. The molecule has 2 aromatic heterocycles. The van der Waals surface area contributed by atoms with E-state index in [1.165, 1.54) is 10.9 Å². The van der Waals surface area contributed by atoms with Crippen LogP contribution in [-0.2, 0) is 0 Å². The maximum Gasteiger partial charge on any atom is 0.282 e. The Morgan fingerprint density at radius 2 is 1.82 bits per heavy atom. The van der Waals surface area contributed by atoms with Crippen molar-refractivity contribution in [3.8, 4) is 17.3 Å². The highest BCUT2D eigenvalue weighted by Crippen LogP contribution is 2.34. The van der Waals surface area contributed by atoms with Gasteiger partial charge < -0.3 is 9.15 Å². The van der Waals surface area contributed by atoms with E-state index in [0.717, 1.165) is 5.39 Å². The molecule has 34 heavy (non-hydrogen) atoms. The number of aromatic nitrogens is 2. The number of halogens is 3. The minimum atomic E-state index is -0.349. The lowest BCUT2D eigenvalue weighted by molar-refractivity contribution is 0.340. The quantitative estimate of drug-likeness (QED) is 0.237. The molecule has 0 bridgehead atoms. The van der Waals surface area contributed by atoms with Crippen molar-refractivity contribution in [1.82, 2.24) is 9.66 Å². The summed E-state index contributed by atoms with van der Waals surface area (Å²) in [4.78, 5) is 18.0. The molecule has 0 radical (unpaired) electrons. The molecular weight excluding hydrogens is 497 g/mol. The van der Waals surface area contributed by atoms with Gasteiger partial charge in [-0.15, -0.1) is 0 Å². The lowest BCUT2D eigenvalue weighted by Gasteiger charge is -2.09. The van der Waals surface area contributed by atoms with E-state index in [9.17, 15) is 4.79 Å². The number of ether oxygens (including phenoxy) is 1. The topological polar surface area (TPSA) is 69.6 Å². The molecule has 0 atom stereocenters. The Labute approximate surface area is 208 Å². The van der Waals surface area contributed by atoms with E-state index < -0.39 is 0 Å². The summed E-state index contributed by atoms with van der Waals surface area (Å²) in [6.45, 7) is 2.27. The first-order chi connectivity index (χ1) is 16.4. The second-order valence-corrected chi connectivity index (χ2v) is 8.60. The van der Waals surface area contributed by atoms with Crippen LogP contribution in [0.3, 0.4) is 0 Å². The second-order valence-electron chi connectivity index (χ2n) is 7.35. The molecule has 0 spiro atoms. The molecule has 170 valence electrons. The summed E-state index contributed by atoms with van der Waals surface area (Å²) in [6, 6.07) is 17.4. The summed E-state index contributed by atoms with van der Waals surface area (Å²) < 4.78 is 12.6. The van der Waals surface area contributed by atoms with Crippen LogP contribution in [0.25, 0.3) is 33.5 Å². The molecule has 0 aliphatic heterocycles. The van der Waals surface area contributed by atoms with Gasteiger partial charge in [0.05, 0.1) is 33.8 Å². The third-order valence-corrected chi connectivity index (χ3v) is 5.88. The maximum atomic E-state index is 13.4. The molecule has 5 rings (SSSR count). The maximum absolute atomic E-state index is 13.4. The first-order valence-corrected chi connectivity index (χ1v) is 11.5. The molecule has 0 aliphatic rings. The van der Waals surface area contributed by atoms with Crippen molar-refractivity contribution in [3.63, 3.8) is 0 Å². The number of furan rings is 1. The molecular formula is C25H16Cl3N3O3. The van der Waals surface area contributed by atoms with E-state index in [1.807, 2.05) is 13.0 Å². The fraction of sp³-hybridized carbons (Fsp3) is 0.0800. The van der Waals surface area contributed by atoms with Crippen molar-refractivity contribution >= 4 is 62.9 Å². The van der Waals surface area contributed by atoms with E-state index >= 15 is 0 Å². The van der Waals surface area contributed by atoms with E-state index in [0.29, 0.717) is 55.2 Å². The summed E-state index contributed by atoms with van der Waals surface area (Å²) in [5.74, 6) is 1.02. The van der Waals surface area contributed by atoms with Gasteiger partial charge in [0.2, 0.25) is 5.82 Å². The first-order valence-electron chi connectivity index (χ1n) is 10.3. The Bertz CT molecular complexity index is 1620. The Hall–Kier alpha value is -3.32. The molecule has 0 saturated carbocycles. The molecule has 2 heterocycles. The van der Waals surface area contributed by atoms with E-state index in [2.05, 4.69) is 10.1 Å². The monoisotopic (exact) mass is 511 g/mol. The first kappa shape index (κ1) is 22.5. The Morgan fingerprint density at radius 1 is 1.06 bits per heavy atom. The van der Waals surface area contributed by atoms with Gasteiger partial charge in [-0.1, -0.05) is 46.9 Å². The molecule has 0 saturated heterocycles. The molecule has 0 fully saturated rings. The summed E-state index contributed by atoms with van der Waals surface area (Å²) in [6.07, 6.45) is 1.48. The van der Waals surface area contributed by atoms with Crippen molar-refractivity contribution in [2.75, 3.05) is 6.61 Å². The zero-order chi connectivity index (χ0) is 23.8. The Kier molecular flexibility index (Phi) is 6.04. The summed E-state index contributed by atoms with van der Waals surface area (Å²) >= 11 is 18.7. The largest absolute Gasteiger partial charge is 0.491 e. The molecule has 0 aliphatic carbocycles. The fourth-order valence-corrected chi connectivity index (χ4v) is 4.37. The minimum Gasteiger partial charge on any atom is -0.491 e. The molecule has 9 heteroatoms. The van der Waals surface area contributed by atoms with Crippen LogP contribution in [0.2, 0.25) is 15.1 Å². The summed E-state index contributed by atoms with van der Waals surface area (Å²) in [7, 11) is 0. The van der Waals surface area contributed by atoms with Crippen molar-refractivity contribution in [2.24, 2.45) is 5.10 Å². The van der Waals surface area contributed by atoms with E-state index in [4.69, 9.17) is 44.0 Å². The molecule has 0 N–H and O–H groups in total. The SMILES string of the molecule is CCOc1c(Cl)cc(C=Nn2c(-c3cc4cc(Cl)ccc4o3)nc3ccccc3c2=O)cc1Cl. The predicted octanol–water partition coefficient (Wildman–Crippen LogP) is 7.05. The minimum absolute atomic E-state index is 0.246. The van der Waals surface area contributed by atoms with Crippen molar-refractivity contribution in [3.05, 3.63) is 91.6 Å². The van der Waals surface area contributed by atoms with Gasteiger partial charge in [-0.05, 0) is 61.0 Å². The lowest BCUT2D eigenvalue weighted by atomic mass is 10.2. The molecule has 5 aromatic rings. The highest BCUT2D eigenvalue weighted by atomic mass is 35.5. The van der Waals surface area contributed by atoms with E-state index in [1.54, 1.807) is 54.6 Å². The van der Waals surface area contributed by atoms with Crippen LogP contribution in [0.1, 0.15) is 12.5 Å². The average molecular weight is 513 g/mol. The van der Waals surface area contributed by atoms with Crippen molar-refractivity contribution in [2.45, 2.75) is 6.92 Å². The Morgan fingerprint density at radius 3 is 2.59 bits per heavy atom. The van der Waals surface area contributed by atoms with Crippen LogP contribution in [0.15, 0.2) is 75.0 Å². The van der Waals surface area contributed by atoms with Crippen molar-refractivity contribution < 1.29 is 9.15 Å². The highest BCUT2D eigenvalue weighted by Gasteiger charge is 2.17. The van der Waals surface area contributed by atoms with Gasteiger partial charge in [0.15, 0.2) is 11.5 Å². The van der Waals surface area contributed by atoms with Gasteiger partial charge in [-0.25, -0.2) is 4.98 Å². The van der Waals surface area contributed by atoms with Crippen LogP contribution in [-0.4, -0.2) is 22.5 Å². The standard InChI is InChI=1S/C25H16Cl3N3O3/c1-2-33-23-18(27)9-14(10-19(23)28)13-29-31-24(30-20-6-4-3-5-17(20)25(31)32)22-12-15-11-16(26)7-8-21(15)34-22/h3-13H,2H2,1H3. The number of hydrogen-bond acceptors (Lipinski definition) is 5. The normalized spacial score (nSPS) is 11.6. The van der Waals surface area contributed by atoms with Crippen LogP contribution >= 0.6 is 34.8 Å². The number of para-hydroxylation sites is 1. The zero-order valence-corrected chi connectivity index (χ0v) is 20.0. The second kappa shape index (κ2) is 9.14. The van der Waals surface area contributed by atoms with Crippen LogP contribution in [0.5, 0.6) is 5.75 Å². The van der Waals surface area contributed by atoms with Crippen LogP contribution in [0.4, 0.5) is 0 Å². The fourth-order valence-electron chi connectivity index (χ4n) is 3.58. The van der Waals surface area contributed by atoms with Gasteiger partial charge >= 0.3 is 0 Å². The number of nitrogens with zero attached hydrogens (tertiary/aromatic N) is 3. The van der Waals surface area contributed by atoms with Gasteiger partial charge in [0, 0.05) is 10.4 Å². The molecule has 6 nitrogen and oxygen atoms in total. The van der Waals surface area contributed by atoms with Gasteiger partial charge in [0.1, 0.15) is 5.58 Å². The van der Waals surface area contributed by atoms with Crippen LogP contribution in [0, 0.1) is 0 Å². The number of benzene rings is 3. The lowest BCUT2D eigenvalue weighted by Crippen LogP contribution is -2.20. The smallest absolute Gasteiger partial charge is 0.282 e. The zero-order valence-electron chi connectivity index (χ0n) is 17.8. The van der Waals surface area contributed by atoms with Crippen LogP contribution < -0.4 is 10.3 Å². The third kappa shape index (κ3) is 4.16. The van der Waals surface area contributed by atoms with E-state index in [-0.39, 0.29) is 11.4 Å².